The topological polar surface area (TPSA) is 72.6 Å². The van der Waals surface area contributed by atoms with Crippen LogP contribution < -0.4 is 5.73 Å². The van der Waals surface area contributed by atoms with Gasteiger partial charge in [-0.05, 0) is 30.4 Å². The van der Waals surface area contributed by atoms with Gasteiger partial charge in [0.05, 0.1) is 12.7 Å². The molecule has 146 valence electrons. The van der Waals surface area contributed by atoms with Crippen LogP contribution in [0.4, 0.5) is 0 Å². The maximum absolute atomic E-state index is 12.9. The first-order chi connectivity index (χ1) is 13.6. The minimum atomic E-state index is -0.958. The van der Waals surface area contributed by atoms with Gasteiger partial charge in [-0.1, -0.05) is 60.7 Å². The summed E-state index contributed by atoms with van der Waals surface area (Å²) in [7, 11) is 0. The van der Waals surface area contributed by atoms with Crippen molar-refractivity contribution in [1.82, 2.24) is 4.90 Å². The second kappa shape index (κ2) is 7.76. The van der Waals surface area contributed by atoms with Crippen molar-refractivity contribution in [3.63, 3.8) is 0 Å². The number of carbonyl (C=O) groups is 2. The fourth-order valence-corrected chi connectivity index (χ4v) is 4.14. The second-order valence-electron chi connectivity index (χ2n) is 7.80. The van der Waals surface area contributed by atoms with Gasteiger partial charge in [-0.2, -0.15) is 0 Å². The van der Waals surface area contributed by atoms with E-state index in [2.05, 4.69) is 24.3 Å². The van der Waals surface area contributed by atoms with Crippen LogP contribution in [0.5, 0.6) is 0 Å². The smallest absolute Gasteiger partial charge is 0.238 e. The van der Waals surface area contributed by atoms with E-state index in [1.807, 2.05) is 36.4 Å². The summed E-state index contributed by atoms with van der Waals surface area (Å²) in [6.45, 7) is 1.51. The molecular weight excluding hydrogens is 352 g/mol. The lowest BCUT2D eigenvalue weighted by Crippen LogP contribution is -2.51. The Morgan fingerprint density at radius 2 is 1.61 bits per heavy atom. The third-order valence-electron chi connectivity index (χ3n) is 5.96. The molecule has 1 saturated heterocycles. The molecule has 0 spiro atoms. The molecule has 2 N–H and O–H groups in total. The molecule has 0 radical (unpaired) electrons. The quantitative estimate of drug-likeness (QED) is 0.786. The van der Waals surface area contributed by atoms with Crippen LogP contribution in [0.15, 0.2) is 60.7 Å². The predicted octanol–water partition coefficient (Wildman–Crippen LogP) is 2.70. The van der Waals surface area contributed by atoms with Gasteiger partial charge in [-0.3, -0.25) is 9.59 Å². The summed E-state index contributed by atoms with van der Waals surface area (Å²) in [5, 5.41) is 0. The summed E-state index contributed by atoms with van der Waals surface area (Å²) >= 11 is 0. The SMILES string of the molecule is NC(=O)C1(C(=O)N2CCO[C@H](CC(c3ccccc3)c3ccccc3)C2)CC1. The van der Waals surface area contributed by atoms with Crippen molar-refractivity contribution in [3.05, 3.63) is 71.8 Å². The highest BCUT2D eigenvalue weighted by Gasteiger charge is 2.57. The van der Waals surface area contributed by atoms with E-state index < -0.39 is 11.3 Å². The van der Waals surface area contributed by atoms with E-state index in [-0.39, 0.29) is 17.9 Å². The molecule has 2 aromatic carbocycles. The van der Waals surface area contributed by atoms with Gasteiger partial charge < -0.3 is 15.4 Å². The van der Waals surface area contributed by atoms with E-state index in [1.54, 1.807) is 4.90 Å². The lowest BCUT2D eigenvalue weighted by molar-refractivity contribution is -0.149. The van der Waals surface area contributed by atoms with Crippen molar-refractivity contribution in [1.29, 1.82) is 0 Å². The van der Waals surface area contributed by atoms with Crippen molar-refractivity contribution in [2.45, 2.75) is 31.3 Å². The number of primary amides is 1. The number of hydrogen-bond acceptors (Lipinski definition) is 3. The Kier molecular flexibility index (Phi) is 5.18. The number of benzene rings is 2. The molecule has 2 aromatic rings. The van der Waals surface area contributed by atoms with Crippen molar-refractivity contribution >= 4 is 11.8 Å². The molecule has 28 heavy (non-hydrogen) atoms. The zero-order chi connectivity index (χ0) is 19.6. The average Bonchev–Trinajstić information content (AvgIpc) is 3.55. The van der Waals surface area contributed by atoms with Crippen LogP contribution >= 0.6 is 0 Å². The lowest BCUT2D eigenvalue weighted by Gasteiger charge is -2.36. The molecule has 1 atom stereocenters. The first-order valence-corrected chi connectivity index (χ1v) is 9.91. The number of amides is 2. The van der Waals surface area contributed by atoms with Crippen molar-refractivity contribution in [3.8, 4) is 0 Å². The van der Waals surface area contributed by atoms with Gasteiger partial charge in [0, 0.05) is 19.0 Å². The first-order valence-electron chi connectivity index (χ1n) is 9.91. The Bertz CT molecular complexity index is 794. The number of ether oxygens (including phenoxy) is 1. The van der Waals surface area contributed by atoms with Crippen molar-refractivity contribution in [2.75, 3.05) is 19.7 Å². The number of morpholine rings is 1. The minimum absolute atomic E-state index is 0.0770. The summed E-state index contributed by atoms with van der Waals surface area (Å²) < 4.78 is 6.02. The van der Waals surface area contributed by atoms with Gasteiger partial charge in [0.2, 0.25) is 11.8 Å². The van der Waals surface area contributed by atoms with Gasteiger partial charge in [-0.25, -0.2) is 0 Å². The zero-order valence-corrected chi connectivity index (χ0v) is 15.9. The van der Waals surface area contributed by atoms with E-state index in [9.17, 15) is 9.59 Å². The van der Waals surface area contributed by atoms with Gasteiger partial charge in [-0.15, -0.1) is 0 Å². The molecule has 2 aliphatic rings. The minimum Gasteiger partial charge on any atom is -0.375 e. The maximum atomic E-state index is 12.9. The van der Waals surface area contributed by atoms with E-state index in [4.69, 9.17) is 10.5 Å². The molecule has 1 heterocycles. The molecule has 1 aliphatic heterocycles. The number of rotatable bonds is 6. The van der Waals surface area contributed by atoms with Crippen molar-refractivity contribution in [2.24, 2.45) is 11.1 Å². The number of nitrogens with two attached hydrogens (primary N) is 1. The van der Waals surface area contributed by atoms with Gasteiger partial charge >= 0.3 is 0 Å². The summed E-state index contributed by atoms with van der Waals surface area (Å²) in [6, 6.07) is 20.8. The molecular formula is C23H26N2O3. The molecule has 5 nitrogen and oxygen atoms in total. The third-order valence-corrected chi connectivity index (χ3v) is 5.96. The van der Waals surface area contributed by atoms with E-state index in [0.29, 0.717) is 32.5 Å². The number of carbonyl (C=O) groups excluding carboxylic acids is 2. The van der Waals surface area contributed by atoms with E-state index in [1.165, 1.54) is 11.1 Å². The largest absolute Gasteiger partial charge is 0.375 e. The molecule has 2 amide bonds. The predicted molar refractivity (Wildman–Crippen MR) is 107 cm³/mol. The molecule has 1 saturated carbocycles. The molecule has 0 unspecified atom stereocenters. The molecule has 5 heteroatoms. The highest BCUT2D eigenvalue weighted by atomic mass is 16.5. The third kappa shape index (κ3) is 3.67. The van der Waals surface area contributed by atoms with Crippen LogP contribution in [0.2, 0.25) is 0 Å². The van der Waals surface area contributed by atoms with E-state index >= 15 is 0 Å². The summed E-state index contributed by atoms with van der Waals surface area (Å²) in [6.07, 6.45) is 1.84. The fraction of sp³-hybridized carbons (Fsp3) is 0.391. The van der Waals surface area contributed by atoms with Crippen LogP contribution in [-0.2, 0) is 14.3 Å². The van der Waals surface area contributed by atoms with Crippen LogP contribution in [0.25, 0.3) is 0 Å². The van der Waals surface area contributed by atoms with Crippen LogP contribution in [0, 0.1) is 5.41 Å². The maximum Gasteiger partial charge on any atom is 0.238 e. The highest BCUT2D eigenvalue weighted by Crippen LogP contribution is 2.47. The number of nitrogens with zero attached hydrogens (tertiary/aromatic N) is 1. The van der Waals surface area contributed by atoms with Crippen LogP contribution in [0.3, 0.4) is 0 Å². The number of hydrogen-bond donors (Lipinski definition) is 1. The Labute approximate surface area is 165 Å². The van der Waals surface area contributed by atoms with Gasteiger partial charge in [0.25, 0.3) is 0 Å². The second-order valence-corrected chi connectivity index (χ2v) is 7.80. The van der Waals surface area contributed by atoms with Crippen LogP contribution in [-0.4, -0.2) is 42.5 Å². The monoisotopic (exact) mass is 378 g/mol. The Morgan fingerprint density at radius 1 is 1.04 bits per heavy atom. The Hall–Kier alpha value is -2.66. The normalized spacial score (nSPS) is 20.8. The van der Waals surface area contributed by atoms with Gasteiger partial charge in [0.1, 0.15) is 5.41 Å². The average molecular weight is 378 g/mol. The highest BCUT2D eigenvalue weighted by molar-refractivity contribution is 6.07. The van der Waals surface area contributed by atoms with E-state index in [0.717, 1.165) is 6.42 Å². The molecule has 1 aliphatic carbocycles. The summed E-state index contributed by atoms with van der Waals surface area (Å²) in [5.74, 6) is -0.426. The van der Waals surface area contributed by atoms with Crippen LogP contribution in [0.1, 0.15) is 36.3 Å². The Morgan fingerprint density at radius 3 is 2.11 bits per heavy atom. The van der Waals surface area contributed by atoms with Gasteiger partial charge in [0.15, 0.2) is 0 Å². The lowest BCUT2D eigenvalue weighted by atomic mass is 9.86. The summed E-state index contributed by atoms with van der Waals surface area (Å²) in [5.41, 5.74) is 7.00. The Balaban J connectivity index is 1.51. The summed E-state index contributed by atoms with van der Waals surface area (Å²) in [4.78, 5) is 26.4. The molecule has 0 aromatic heterocycles. The fourth-order valence-electron chi connectivity index (χ4n) is 4.14. The first kappa shape index (κ1) is 18.7. The zero-order valence-electron chi connectivity index (χ0n) is 15.9. The molecule has 4 rings (SSSR count). The standard InChI is InChI=1S/C23H26N2O3/c24-21(26)23(11-12-23)22(27)25-13-14-28-19(16-25)15-20(17-7-3-1-4-8-17)18-9-5-2-6-10-18/h1-10,19-20H,11-16H2,(H2,24,26)/t19-/m1/s1. The van der Waals surface area contributed by atoms with Crippen molar-refractivity contribution < 1.29 is 14.3 Å². The molecule has 0 bridgehead atoms. The molecule has 2 fully saturated rings.